The number of hydrogen-bond acceptors (Lipinski definition) is 6. The summed E-state index contributed by atoms with van der Waals surface area (Å²) in [4.78, 5) is 13.9. The Balaban J connectivity index is 2.87. The number of aliphatic hydroxyl groups is 1. The van der Waals surface area contributed by atoms with Crippen molar-refractivity contribution in [2.45, 2.75) is 18.2 Å². The number of aromatic nitrogens is 2. The van der Waals surface area contributed by atoms with Gasteiger partial charge < -0.3 is 20.5 Å². The molecule has 0 radical (unpaired) electrons. The molecule has 96 valence electrons. The van der Waals surface area contributed by atoms with Crippen molar-refractivity contribution in [1.29, 1.82) is 0 Å². The molecule has 1 rings (SSSR count). The Bertz CT molecular complexity index is 392. The molecule has 2 N–H and O–H groups in total. The average Bonchev–Trinajstić information content (AvgIpc) is 2.62. The Morgan fingerprint density at radius 1 is 1.76 bits per heavy atom. The van der Waals surface area contributed by atoms with Crippen LogP contribution >= 0.6 is 11.8 Å². The second-order valence-corrected chi connectivity index (χ2v) is 4.75. The van der Waals surface area contributed by atoms with E-state index in [-0.39, 0.29) is 23.7 Å². The second-order valence-electron chi connectivity index (χ2n) is 3.67. The van der Waals surface area contributed by atoms with Gasteiger partial charge in [-0.1, -0.05) is 0 Å². The fourth-order valence-electron chi connectivity index (χ4n) is 1.46. The number of aliphatic hydroxyl groups excluding tert-OH is 1. The summed E-state index contributed by atoms with van der Waals surface area (Å²) in [5.74, 6) is 0.159. The predicted octanol–water partition coefficient (Wildman–Crippen LogP) is 0.853. The lowest BCUT2D eigenvalue weighted by molar-refractivity contribution is -0.388. The number of imidazole rings is 1. The molecule has 0 fully saturated rings. The molecule has 0 unspecified atom stereocenters. The second kappa shape index (κ2) is 5.87. The van der Waals surface area contributed by atoms with Gasteiger partial charge in [0.25, 0.3) is 0 Å². The van der Waals surface area contributed by atoms with Gasteiger partial charge in [-0.3, -0.25) is 4.57 Å². The zero-order valence-electron chi connectivity index (χ0n) is 9.95. The SMILES string of the molecule is CS[C@H](CO)[C@@H](C)Nc1c([N+](=O)[O-])ncn1C. The van der Waals surface area contributed by atoms with Crippen molar-refractivity contribution in [3.63, 3.8) is 0 Å². The van der Waals surface area contributed by atoms with Gasteiger partial charge in [0.1, 0.15) is 0 Å². The predicted molar refractivity (Wildman–Crippen MR) is 67.3 cm³/mol. The van der Waals surface area contributed by atoms with Gasteiger partial charge in [-0.2, -0.15) is 11.8 Å². The zero-order valence-corrected chi connectivity index (χ0v) is 10.8. The maximum absolute atomic E-state index is 10.8. The van der Waals surface area contributed by atoms with E-state index in [1.165, 1.54) is 18.1 Å². The van der Waals surface area contributed by atoms with E-state index in [0.717, 1.165) is 0 Å². The third-order valence-electron chi connectivity index (χ3n) is 2.50. The molecule has 1 aromatic rings. The van der Waals surface area contributed by atoms with E-state index in [0.29, 0.717) is 5.82 Å². The highest BCUT2D eigenvalue weighted by Gasteiger charge is 2.24. The standard InChI is InChI=1S/C9H16N4O3S/c1-6(7(4-14)17-3)11-9-8(13(15)16)10-5-12(9)2/h5-7,11,14H,4H2,1-3H3/t6-,7-/m1/s1. The molecule has 0 saturated carbocycles. The third-order valence-corrected chi connectivity index (χ3v) is 3.66. The summed E-state index contributed by atoms with van der Waals surface area (Å²) in [5.41, 5.74) is 0. The topological polar surface area (TPSA) is 93.2 Å². The van der Waals surface area contributed by atoms with Crippen LogP contribution in [0.15, 0.2) is 6.33 Å². The third kappa shape index (κ3) is 3.10. The van der Waals surface area contributed by atoms with Gasteiger partial charge in [0.2, 0.25) is 12.1 Å². The van der Waals surface area contributed by atoms with Crippen LogP contribution in [0, 0.1) is 10.1 Å². The summed E-state index contributed by atoms with van der Waals surface area (Å²) in [6.07, 6.45) is 3.27. The van der Waals surface area contributed by atoms with E-state index in [4.69, 9.17) is 5.11 Å². The smallest absolute Gasteiger partial charge is 0.395 e. The fraction of sp³-hybridized carbons (Fsp3) is 0.667. The van der Waals surface area contributed by atoms with Crippen LogP contribution in [-0.4, -0.2) is 43.7 Å². The Morgan fingerprint density at radius 2 is 2.41 bits per heavy atom. The highest BCUT2D eigenvalue weighted by atomic mass is 32.2. The number of anilines is 1. The van der Waals surface area contributed by atoms with E-state index in [2.05, 4.69) is 10.3 Å². The van der Waals surface area contributed by atoms with Crippen molar-refractivity contribution >= 4 is 23.4 Å². The highest BCUT2D eigenvalue weighted by Crippen LogP contribution is 2.24. The summed E-state index contributed by atoms with van der Waals surface area (Å²) in [5, 5.41) is 22.9. The molecule has 1 aromatic heterocycles. The quantitative estimate of drug-likeness (QED) is 0.582. The van der Waals surface area contributed by atoms with Crippen LogP contribution in [0.2, 0.25) is 0 Å². The van der Waals surface area contributed by atoms with Crippen molar-refractivity contribution in [2.24, 2.45) is 7.05 Å². The van der Waals surface area contributed by atoms with Crippen LogP contribution in [0.5, 0.6) is 0 Å². The first-order valence-corrected chi connectivity index (χ1v) is 6.36. The molecule has 0 spiro atoms. The van der Waals surface area contributed by atoms with Gasteiger partial charge in [0.05, 0.1) is 6.61 Å². The molecule has 1 heterocycles. The van der Waals surface area contributed by atoms with E-state index in [1.807, 2.05) is 13.2 Å². The Morgan fingerprint density at radius 3 is 2.88 bits per heavy atom. The molecular formula is C9H16N4O3S. The van der Waals surface area contributed by atoms with Gasteiger partial charge in [0.15, 0.2) is 0 Å². The van der Waals surface area contributed by atoms with Gasteiger partial charge in [-0.25, -0.2) is 0 Å². The van der Waals surface area contributed by atoms with Gasteiger partial charge >= 0.3 is 5.82 Å². The minimum absolute atomic E-state index is 0.0149. The highest BCUT2D eigenvalue weighted by molar-refractivity contribution is 7.99. The normalized spacial score (nSPS) is 14.4. The number of nitrogens with zero attached hydrogens (tertiary/aromatic N) is 3. The van der Waals surface area contributed by atoms with Crippen molar-refractivity contribution in [2.75, 3.05) is 18.2 Å². The minimum atomic E-state index is -0.526. The van der Waals surface area contributed by atoms with Gasteiger partial charge in [0, 0.05) is 18.3 Å². The summed E-state index contributed by atoms with van der Waals surface area (Å²) in [7, 11) is 1.68. The summed E-state index contributed by atoms with van der Waals surface area (Å²) in [6, 6.07) is -0.0934. The first-order valence-electron chi connectivity index (χ1n) is 5.07. The summed E-state index contributed by atoms with van der Waals surface area (Å²) < 4.78 is 1.56. The molecule has 0 bridgehead atoms. The van der Waals surface area contributed by atoms with Crippen LogP contribution in [-0.2, 0) is 7.05 Å². The summed E-state index contributed by atoms with van der Waals surface area (Å²) in [6.45, 7) is 1.88. The van der Waals surface area contributed by atoms with Gasteiger partial charge in [-0.15, -0.1) is 0 Å². The Hall–Kier alpha value is -1.28. The van der Waals surface area contributed by atoms with E-state index < -0.39 is 4.92 Å². The minimum Gasteiger partial charge on any atom is -0.395 e. The summed E-state index contributed by atoms with van der Waals surface area (Å²) >= 11 is 1.51. The van der Waals surface area contributed by atoms with Crippen molar-refractivity contribution in [3.05, 3.63) is 16.4 Å². The van der Waals surface area contributed by atoms with E-state index in [9.17, 15) is 10.1 Å². The number of nitro groups is 1. The number of nitrogens with one attached hydrogen (secondary N) is 1. The largest absolute Gasteiger partial charge is 0.406 e. The molecule has 0 saturated heterocycles. The van der Waals surface area contributed by atoms with Crippen LogP contribution in [0.3, 0.4) is 0 Å². The number of thioether (sulfide) groups is 1. The number of rotatable bonds is 6. The maximum atomic E-state index is 10.8. The van der Waals surface area contributed by atoms with Crippen LogP contribution < -0.4 is 5.32 Å². The van der Waals surface area contributed by atoms with Crippen molar-refractivity contribution in [1.82, 2.24) is 9.55 Å². The molecule has 17 heavy (non-hydrogen) atoms. The molecule has 0 aliphatic carbocycles. The molecule has 2 atom stereocenters. The van der Waals surface area contributed by atoms with Crippen molar-refractivity contribution in [3.8, 4) is 0 Å². The van der Waals surface area contributed by atoms with Crippen LogP contribution in [0.4, 0.5) is 11.6 Å². The Kier molecular flexibility index (Phi) is 4.76. The lowest BCUT2D eigenvalue weighted by atomic mass is 10.2. The van der Waals surface area contributed by atoms with Crippen LogP contribution in [0.1, 0.15) is 6.92 Å². The first kappa shape index (κ1) is 13.8. The Labute approximate surface area is 103 Å². The fourth-order valence-corrected chi connectivity index (χ4v) is 2.09. The molecule has 8 heteroatoms. The average molecular weight is 260 g/mol. The van der Waals surface area contributed by atoms with Crippen molar-refractivity contribution < 1.29 is 10.0 Å². The monoisotopic (exact) mass is 260 g/mol. The molecule has 7 nitrogen and oxygen atoms in total. The number of aryl methyl sites for hydroxylation is 1. The zero-order chi connectivity index (χ0) is 13.0. The molecule has 0 aromatic carbocycles. The lowest BCUT2D eigenvalue weighted by Crippen LogP contribution is -2.31. The molecule has 0 aliphatic rings. The van der Waals surface area contributed by atoms with Crippen LogP contribution in [0.25, 0.3) is 0 Å². The molecular weight excluding hydrogens is 244 g/mol. The van der Waals surface area contributed by atoms with E-state index in [1.54, 1.807) is 11.6 Å². The maximum Gasteiger partial charge on any atom is 0.406 e. The number of hydrogen-bond donors (Lipinski definition) is 2. The molecule has 0 aliphatic heterocycles. The van der Waals surface area contributed by atoms with Gasteiger partial charge in [-0.05, 0) is 23.1 Å². The lowest BCUT2D eigenvalue weighted by Gasteiger charge is -2.21. The van der Waals surface area contributed by atoms with E-state index >= 15 is 0 Å². The first-order chi connectivity index (χ1) is 8.01. The molecule has 0 amide bonds.